The summed E-state index contributed by atoms with van der Waals surface area (Å²) in [5.41, 5.74) is -1.10. The van der Waals surface area contributed by atoms with Crippen molar-refractivity contribution in [3.8, 4) is 0 Å². The molecule has 262 valence electrons. The predicted molar refractivity (Wildman–Crippen MR) is 177 cm³/mol. The third kappa shape index (κ3) is 6.86. The fourth-order valence-corrected chi connectivity index (χ4v) is 10.8. The Morgan fingerprint density at radius 3 is 2.27 bits per heavy atom. The van der Waals surface area contributed by atoms with E-state index in [4.69, 9.17) is 4.74 Å². The lowest BCUT2D eigenvalue weighted by Crippen LogP contribution is -2.59. The summed E-state index contributed by atoms with van der Waals surface area (Å²) in [6.07, 6.45) is -3.82. The standard InChI is InChI=1S/C34H42F5N5O3S/c1-20-16-42(17-21(2)44(20)31(46)47-32(3,4)5)29-25-14-23(34(37,38)39)15-27-28(25)43(30(45)41-29)18-22(26-8-6-7-13-40-26)19-48(27)24-9-11-33(35,36)12-10-24/h6-8,13-15,20-22,24,48H,9-12,16-19H2,1-5H3/t20-,21+,22?. The fourth-order valence-electron chi connectivity index (χ4n) is 7.44. The predicted octanol–water partition coefficient (Wildman–Crippen LogP) is 7.38. The minimum absolute atomic E-state index is 0.127. The van der Waals surface area contributed by atoms with Crippen LogP contribution in [0.3, 0.4) is 0 Å². The van der Waals surface area contributed by atoms with Crippen molar-refractivity contribution < 1.29 is 31.5 Å². The fraction of sp³-hybridized carbons (Fsp3) is 0.588. The summed E-state index contributed by atoms with van der Waals surface area (Å²) in [5.74, 6) is -2.59. The molecule has 4 atom stereocenters. The van der Waals surface area contributed by atoms with Crippen LogP contribution in [-0.4, -0.2) is 73.2 Å². The van der Waals surface area contributed by atoms with Gasteiger partial charge in [0.2, 0.25) is 5.92 Å². The number of nitrogens with zero attached hydrogens (tertiary/aromatic N) is 5. The van der Waals surface area contributed by atoms with E-state index < -0.39 is 58.0 Å². The van der Waals surface area contributed by atoms with Crippen LogP contribution in [0.15, 0.2) is 46.2 Å². The minimum Gasteiger partial charge on any atom is -0.444 e. The van der Waals surface area contributed by atoms with Gasteiger partial charge in [-0.15, -0.1) is 0 Å². The van der Waals surface area contributed by atoms with E-state index in [1.807, 2.05) is 26.0 Å². The number of pyridine rings is 1. The molecule has 0 spiro atoms. The minimum atomic E-state index is -4.70. The third-order valence-corrected chi connectivity index (χ3v) is 12.7. The highest BCUT2D eigenvalue weighted by Crippen LogP contribution is 2.56. The number of ether oxygens (including phenoxy) is 1. The van der Waals surface area contributed by atoms with Crippen molar-refractivity contribution in [2.45, 2.75) is 113 Å². The molecule has 0 N–H and O–H groups in total. The largest absolute Gasteiger partial charge is 0.444 e. The number of benzene rings is 1. The van der Waals surface area contributed by atoms with Gasteiger partial charge >= 0.3 is 18.0 Å². The van der Waals surface area contributed by atoms with Crippen LogP contribution in [0.4, 0.5) is 32.6 Å². The topological polar surface area (TPSA) is 80.6 Å². The maximum atomic E-state index is 14.7. The Morgan fingerprint density at radius 2 is 1.69 bits per heavy atom. The van der Waals surface area contributed by atoms with Crippen molar-refractivity contribution in [3.63, 3.8) is 0 Å². The molecule has 0 radical (unpaired) electrons. The second-order valence-corrected chi connectivity index (χ2v) is 16.9. The third-order valence-electron chi connectivity index (χ3n) is 9.55. The van der Waals surface area contributed by atoms with Crippen LogP contribution in [0.25, 0.3) is 10.9 Å². The van der Waals surface area contributed by atoms with Crippen LogP contribution < -0.4 is 10.6 Å². The molecule has 4 heterocycles. The van der Waals surface area contributed by atoms with Gasteiger partial charge in [0.15, 0.2) is 0 Å². The molecule has 8 nitrogen and oxygen atoms in total. The van der Waals surface area contributed by atoms with Crippen LogP contribution in [-0.2, 0) is 17.5 Å². The molecular weight excluding hydrogens is 653 g/mol. The number of aromatic nitrogens is 3. The Labute approximate surface area is 279 Å². The quantitative estimate of drug-likeness (QED) is 0.228. The number of anilines is 1. The molecule has 6 rings (SSSR count). The Kier molecular flexibility index (Phi) is 8.95. The van der Waals surface area contributed by atoms with Gasteiger partial charge in [0.25, 0.3) is 0 Å². The molecule has 3 aromatic rings. The summed E-state index contributed by atoms with van der Waals surface area (Å²) in [6, 6.07) is 6.83. The van der Waals surface area contributed by atoms with Gasteiger partial charge in [-0.2, -0.15) is 18.2 Å². The first-order chi connectivity index (χ1) is 22.4. The average molecular weight is 696 g/mol. The molecule has 1 saturated carbocycles. The molecule has 2 aliphatic heterocycles. The number of alkyl halides is 5. The van der Waals surface area contributed by atoms with E-state index in [0.717, 1.165) is 12.1 Å². The smallest absolute Gasteiger partial charge is 0.416 e. The summed E-state index contributed by atoms with van der Waals surface area (Å²) in [4.78, 5) is 39.8. The Hall–Kier alpha value is -3.42. The zero-order valence-electron chi connectivity index (χ0n) is 27.7. The number of amides is 1. The van der Waals surface area contributed by atoms with Gasteiger partial charge in [-0.1, -0.05) is 6.07 Å². The molecule has 1 amide bonds. The second-order valence-electron chi connectivity index (χ2n) is 14.4. The highest BCUT2D eigenvalue weighted by atomic mass is 32.2. The van der Waals surface area contributed by atoms with E-state index in [2.05, 4.69) is 9.97 Å². The maximum absolute atomic E-state index is 14.7. The molecule has 3 aliphatic rings. The van der Waals surface area contributed by atoms with Crippen molar-refractivity contribution in [1.82, 2.24) is 19.4 Å². The van der Waals surface area contributed by atoms with Gasteiger partial charge in [0.1, 0.15) is 11.4 Å². The first kappa shape index (κ1) is 34.4. The van der Waals surface area contributed by atoms with E-state index in [9.17, 15) is 31.5 Å². The Balaban J connectivity index is 1.51. The van der Waals surface area contributed by atoms with E-state index in [0.29, 0.717) is 21.9 Å². The molecule has 0 bridgehead atoms. The van der Waals surface area contributed by atoms with Crippen LogP contribution in [0.2, 0.25) is 0 Å². The summed E-state index contributed by atoms with van der Waals surface area (Å²) in [6.45, 7) is 9.55. The van der Waals surface area contributed by atoms with Gasteiger partial charge in [-0.3, -0.25) is 14.5 Å². The van der Waals surface area contributed by atoms with E-state index in [1.165, 1.54) is 4.57 Å². The van der Waals surface area contributed by atoms with Crippen LogP contribution >= 0.6 is 10.9 Å². The van der Waals surface area contributed by atoms with Crippen LogP contribution in [0.1, 0.15) is 77.5 Å². The number of hydrogen-bond donors (Lipinski definition) is 1. The number of thiol groups is 1. The van der Waals surface area contributed by atoms with Crippen molar-refractivity contribution in [1.29, 1.82) is 0 Å². The van der Waals surface area contributed by atoms with Crippen LogP contribution in [0, 0.1) is 0 Å². The highest BCUT2D eigenvalue weighted by molar-refractivity contribution is 8.17. The number of hydrogen-bond acceptors (Lipinski definition) is 6. The summed E-state index contributed by atoms with van der Waals surface area (Å²) in [7, 11) is -1.43. The number of halogens is 5. The summed E-state index contributed by atoms with van der Waals surface area (Å²) in [5, 5.41) is -0.0481. The maximum Gasteiger partial charge on any atom is 0.416 e. The monoisotopic (exact) mass is 695 g/mol. The molecule has 1 aliphatic carbocycles. The van der Waals surface area contributed by atoms with Gasteiger partial charge < -0.3 is 9.64 Å². The molecule has 1 aromatic carbocycles. The van der Waals surface area contributed by atoms with Gasteiger partial charge in [-0.25, -0.2) is 29.3 Å². The molecule has 48 heavy (non-hydrogen) atoms. The Bertz CT molecular complexity index is 1720. The van der Waals surface area contributed by atoms with Gasteiger partial charge in [0, 0.05) is 60.6 Å². The number of rotatable bonds is 3. The molecule has 2 aromatic heterocycles. The number of piperazine rings is 1. The number of carbonyl (C=O) groups is 1. The van der Waals surface area contributed by atoms with E-state index in [1.54, 1.807) is 42.8 Å². The zero-order chi connectivity index (χ0) is 34.8. The molecule has 2 fully saturated rings. The van der Waals surface area contributed by atoms with E-state index in [-0.39, 0.29) is 67.7 Å². The lowest BCUT2D eigenvalue weighted by Gasteiger charge is -2.45. The molecule has 14 heteroatoms. The normalized spacial score (nSPS) is 26.0. The highest BCUT2D eigenvalue weighted by Gasteiger charge is 2.42. The average Bonchev–Trinajstić information content (AvgIpc) is 3.16. The van der Waals surface area contributed by atoms with Crippen molar-refractivity contribution >= 4 is 33.7 Å². The van der Waals surface area contributed by atoms with Crippen molar-refractivity contribution in [2.24, 2.45) is 0 Å². The second kappa shape index (κ2) is 12.5. The van der Waals surface area contributed by atoms with Crippen molar-refractivity contribution in [3.05, 3.63) is 58.3 Å². The lowest BCUT2D eigenvalue weighted by molar-refractivity contribution is -0.137. The lowest BCUT2D eigenvalue weighted by atomic mass is 9.96. The number of carbonyl (C=O) groups excluding carboxylic acids is 1. The van der Waals surface area contributed by atoms with Crippen molar-refractivity contribution in [2.75, 3.05) is 23.7 Å². The Morgan fingerprint density at radius 1 is 1.02 bits per heavy atom. The summed E-state index contributed by atoms with van der Waals surface area (Å²) >= 11 is 0. The summed E-state index contributed by atoms with van der Waals surface area (Å²) < 4.78 is 79.7. The van der Waals surface area contributed by atoms with Gasteiger partial charge in [-0.05, 0) is 82.7 Å². The first-order valence-corrected chi connectivity index (χ1v) is 18.0. The molecule has 2 unspecified atom stereocenters. The van der Waals surface area contributed by atoms with Crippen LogP contribution in [0.5, 0.6) is 0 Å². The van der Waals surface area contributed by atoms with Gasteiger partial charge in [0.05, 0.1) is 23.2 Å². The zero-order valence-corrected chi connectivity index (χ0v) is 28.6. The SMILES string of the molecule is C[C@@H]1CN(c2nc(=O)n3c4c(cc(C(F)(F)F)cc24)[SH](C2CCC(F)(F)CC2)CC(c2ccccn2)C3)C[C@H](C)N1C(=O)OC(C)(C)C. The first-order valence-electron chi connectivity index (χ1n) is 16.4. The molecular formula is C34H42F5N5O3S. The van der Waals surface area contributed by atoms with E-state index >= 15 is 0 Å². The molecule has 1 saturated heterocycles.